The Hall–Kier alpha value is -0.320. The Labute approximate surface area is 123 Å². The molecule has 0 aromatic heterocycles. The number of piperidine rings is 1. The third kappa shape index (κ3) is 4.33. The van der Waals surface area contributed by atoms with E-state index >= 15 is 0 Å². The fourth-order valence-corrected chi connectivity index (χ4v) is 3.51. The molecule has 0 aromatic carbocycles. The lowest BCUT2D eigenvalue weighted by Gasteiger charge is -2.36. The lowest BCUT2D eigenvalue weighted by atomic mass is 9.92. The largest absolute Gasteiger partial charge is 0.341 e. The second-order valence-corrected chi connectivity index (χ2v) is 6.25. The van der Waals surface area contributed by atoms with Crippen LogP contribution in [0, 0.1) is 11.8 Å². The fourth-order valence-electron chi connectivity index (χ4n) is 3.51. The van der Waals surface area contributed by atoms with Crippen molar-refractivity contribution >= 4 is 18.3 Å². The number of hydrogen-bond acceptors (Lipinski definition) is 3. The normalized spacial score (nSPS) is 32.2. The molecule has 2 saturated heterocycles. The molecular weight excluding hydrogens is 262 g/mol. The summed E-state index contributed by atoms with van der Waals surface area (Å²) < 4.78 is 0. The van der Waals surface area contributed by atoms with Crippen molar-refractivity contribution in [3.63, 3.8) is 0 Å². The highest BCUT2D eigenvalue weighted by Gasteiger charge is 2.29. The summed E-state index contributed by atoms with van der Waals surface area (Å²) in [5.41, 5.74) is 5.76. The monoisotopic (exact) mass is 289 g/mol. The Morgan fingerprint density at radius 2 is 1.89 bits per heavy atom. The summed E-state index contributed by atoms with van der Waals surface area (Å²) in [6.07, 6.45) is 3.58. The van der Waals surface area contributed by atoms with Crippen molar-refractivity contribution < 1.29 is 4.79 Å². The summed E-state index contributed by atoms with van der Waals surface area (Å²) in [7, 11) is 0. The predicted molar refractivity (Wildman–Crippen MR) is 80.4 cm³/mol. The maximum Gasteiger partial charge on any atom is 0.236 e. The fraction of sp³-hybridized carbons (Fsp3) is 0.929. The molecule has 5 heteroatoms. The number of likely N-dealkylation sites (tertiary alicyclic amines) is 2. The quantitative estimate of drug-likeness (QED) is 0.853. The van der Waals surface area contributed by atoms with Crippen LogP contribution in [0.2, 0.25) is 0 Å². The summed E-state index contributed by atoms with van der Waals surface area (Å²) in [6, 6.07) is 0.425. The Kier molecular flexibility index (Phi) is 6.57. The molecule has 2 aliphatic heterocycles. The Bertz CT molecular complexity index is 290. The third-order valence-corrected chi connectivity index (χ3v) is 4.33. The number of nitrogens with zero attached hydrogens (tertiary/aromatic N) is 2. The van der Waals surface area contributed by atoms with Crippen LogP contribution >= 0.6 is 12.4 Å². The molecule has 4 nitrogen and oxygen atoms in total. The maximum absolute atomic E-state index is 12.4. The summed E-state index contributed by atoms with van der Waals surface area (Å²) in [6.45, 7) is 8.64. The van der Waals surface area contributed by atoms with E-state index in [1.165, 1.54) is 12.8 Å². The third-order valence-electron chi connectivity index (χ3n) is 4.33. The first kappa shape index (κ1) is 16.7. The molecule has 112 valence electrons. The first-order chi connectivity index (χ1) is 8.60. The molecule has 0 radical (unpaired) electrons. The molecule has 19 heavy (non-hydrogen) atoms. The second kappa shape index (κ2) is 7.46. The smallest absolute Gasteiger partial charge is 0.236 e. The number of rotatable bonds is 3. The maximum atomic E-state index is 12.4. The van der Waals surface area contributed by atoms with Gasteiger partial charge in [0.25, 0.3) is 0 Å². The van der Waals surface area contributed by atoms with Crippen molar-refractivity contribution in [1.82, 2.24) is 9.80 Å². The van der Waals surface area contributed by atoms with E-state index in [1.54, 1.807) is 0 Å². The first-order valence-electron chi connectivity index (χ1n) is 7.32. The van der Waals surface area contributed by atoms with E-state index < -0.39 is 0 Å². The molecule has 0 aromatic rings. The minimum absolute atomic E-state index is 0. The summed E-state index contributed by atoms with van der Waals surface area (Å²) >= 11 is 0. The molecule has 2 aliphatic rings. The second-order valence-electron chi connectivity index (χ2n) is 6.25. The molecular formula is C14H28ClN3O. The van der Waals surface area contributed by atoms with Crippen LogP contribution in [0.1, 0.15) is 33.1 Å². The average molecular weight is 290 g/mol. The van der Waals surface area contributed by atoms with Crippen molar-refractivity contribution in [2.45, 2.75) is 39.2 Å². The molecule has 2 N–H and O–H groups in total. The lowest BCUT2D eigenvalue weighted by molar-refractivity contribution is -0.135. The van der Waals surface area contributed by atoms with Gasteiger partial charge >= 0.3 is 0 Å². The van der Waals surface area contributed by atoms with Crippen molar-refractivity contribution in [3.05, 3.63) is 0 Å². The number of halogens is 1. The number of hydrogen-bond donors (Lipinski definition) is 1. The van der Waals surface area contributed by atoms with Crippen LogP contribution in [0.3, 0.4) is 0 Å². The first-order valence-corrected chi connectivity index (χ1v) is 7.32. The molecule has 0 spiro atoms. The minimum Gasteiger partial charge on any atom is -0.341 e. The highest BCUT2D eigenvalue weighted by atomic mass is 35.5. The Balaban J connectivity index is 0.00000180. The summed E-state index contributed by atoms with van der Waals surface area (Å²) in [5, 5.41) is 0. The Morgan fingerprint density at radius 1 is 1.26 bits per heavy atom. The molecule has 2 rings (SSSR count). The van der Waals surface area contributed by atoms with E-state index in [0.717, 1.165) is 26.1 Å². The molecule has 0 aliphatic carbocycles. The van der Waals surface area contributed by atoms with Crippen LogP contribution < -0.4 is 5.73 Å². The van der Waals surface area contributed by atoms with Crippen LogP contribution in [-0.4, -0.2) is 54.5 Å². The van der Waals surface area contributed by atoms with Gasteiger partial charge in [-0.05, 0) is 37.6 Å². The van der Waals surface area contributed by atoms with Gasteiger partial charge in [0.15, 0.2) is 0 Å². The van der Waals surface area contributed by atoms with E-state index in [2.05, 4.69) is 23.6 Å². The van der Waals surface area contributed by atoms with Crippen LogP contribution in [0.25, 0.3) is 0 Å². The van der Waals surface area contributed by atoms with Crippen molar-refractivity contribution in [2.75, 3.05) is 32.7 Å². The van der Waals surface area contributed by atoms with Gasteiger partial charge in [-0.2, -0.15) is 0 Å². The number of carbonyl (C=O) groups excluding carboxylic acids is 1. The van der Waals surface area contributed by atoms with Gasteiger partial charge in [-0.25, -0.2) is 0 Å². The SMILES string of the molecule is CC1CC(C)CN(C(=O)CN2CCCC2CN)C1.Cl. The van der Waals surface area contributed by atoms with Crippen LogP contribution in [0.5, 0.6) is 0 Å². The van der Waals surface area contributed by atoms with Gasteiger partial charge in [0.05, 0.1) is 6.54 Å². The lowest BCUT2D eigenvalue weighted by Crippen LogP contribution is -2.48. The van der Waals surface area contributed by atoms with Gasteiger partial charge in [-0.3, -0.25) is 9.69 Å². The van der Waals surface area contributed by atoms with Crippen LogP contribution in [-0.2, 0) is 4.79 Å². The number of carbonyl (C=O) groups is 1. The molecule has 1 amide bonds. The zero-order valence-electron chi connectivity index (χ0n) is 12.2. The molecule has 2 fully saturated rings. The van der Waals surface area contributed by atoms with Crippen molar-refractivity contribution in [3.8, 4) is 0 Å². The minimum atomic E-state index is 0. The molecule has 0 saturated carbocycles. The molecule has 3 unspecified atom stereocenters. The molecule has 2 heterocycles. The van der Waals surface area contributed by atoms with Gasteiger partial charge in [0, 0.05) is 25.7 Å². The number of nitrogens with two attached hydrogens (primary N) is 1. The highest BCUT2D eigenvalue weighted by Crippen LogP contribution is 2.22. The van der Waals surface area contributed by atoms with Crippen LogP contribution in [0.15, 0.2) is 0 Å². The van der Waals surface area contributed by atoms with Gasteiger partial charge in [-0.15, -0.1) is 12.4 Å². The van der Waals surface area contributed by atoms with E-state index in [1.807, 2.05) is 0 Å². The van der Waals surface area contributed by atoms with E-state index in [-0.39, 0.29) is 12.4 Å². The van der Waals surface area contributed by atoms with Crippen molar-refractivity contribution in [2.24, 2.45) is 17.6 Å². The zero-order chi connectivity index (χ0) is 13.1. The topological polar surface area (TPSA) is 49.6 Å². The van der Waals surface area contributed by atoms with Gasteiger partial charge in [-0.1, -0.05) is 13.8 Å². The van der Waals surface area contributed by atoms with Gasteiger partial charge < -0.3 is 10.6 Å². The predicted octanol–water partition coefficient (Wildman–Crippen LogP) is 1.34. The summed E-state index contributed by atoms with van der Waals surface area (Å²) in [5.74, 6) is 1.58. The van der Waals surface area contributed by atoms with Gasteiger partial charge in [0.1, 0.15) is 0 Å². The molecule has 3 atom stereocenters. The standard InChI is InChI=1S/C14H27N3O.ClH/c1-11-6-12(2)9-17(8-11)14(18)10-16-5-3-4-13(16)7-15;/h11-13H,3-10,15H2,1-2H3;1H. The molecule has 0 bridgehead atoms. The average Bonchev–Trinajstić information content (AvgIpc) is 2.75. The van der Waals surface area contributed by atoms with E-state index in [4.69, 9.17) is 5.73 Å². The van der Waals surface area contributed by atoms with E-state index in [0.29, 0.717) is 36.9 Å². The van der Waals surface area contributed by atoms with Gasteiger partial charge in [0.2, 0.25) is 5.91 Å². The van der Waals surface area contributed by atoms with Crippen LogP contribution in [0.4, 0.5) is 0 Å². The van der Waals surface area contributed by atoms with Crippen molar-refractivity contribution in [1.29, 1.82) is 0 Å². The number of amides is 1. The highest BCUT2D eigenvalue weighted by molar-refractivity contribution is 5.85. The summed E-state index contributed by atoms with van der Waals surface area (Å²) in [4.78, 5) is 16.7. The van der Waals surface area contributed by atoms with E-state index in [9.17, 15) is 4.79 Å². The Morgan fingerprint density at radius 3 is 2.47 bits per heavy atom. The zero-order valence-corrected chi connectivity index (χ0v) is 13.0.